The van der Waals surface area contributed by atoms with Gasteiger partial charge in [-0.3, -0.25) is 4.79 Å². The van der Waals surface area contributed by atoms with Crippen LogP contribution in [0.3, 0.4) is 0 Å². The van der Waals surface area contributed by atoms with Gasteiger partial charge in [0.1, 0.15) is 5.75 Å². The molecule has 0 aliphatic rings. The fraction of sp³-hybridized carbons (Fsp3) is 0.174. The Kier molecular flexibility index (Phi) is 6.05. The van der Waals surface area contributed by atoms with E-state index in [0.717, 1.165) is 12.0 Å². The minimum absolute atomic E-state index is 0.0981. The average molecular weight is 345 g/mol. The summed E-state index contributed by atoms with van der Waals surface area (Å²) in [5.41, 5.74) is 4.13. The van der Waals surface area contributed by atoms with Gasteiger partial charge in [0.2, 0.25) is 0 Å². The Labute approximate surface area is 154 Å². The van der Waals surface area contributed by atoms with Gasteiger partial charge in [-0.2, -0.15) is 0 Å². The molecule has 0 aliphatic carbocycles. The molecule has 3 heteroatoms. The van der Waals surface area contributed by atoms with Gasteiger partial charge in [0, 0.05) is 18.5 Å². The molecule has 26 heavy (non-hydrogen) atoms. The molecule has 3 rings (SSSR count). The molecule has 0 saturated heterocycles. The van der Waals surface area contributed by atoms with Gasteiger partial charge in [-0.25, -0.2) is 0 Å². The van der Waals surface area contributed by atoms with E-state index in [9.17, 15) is 4.79 Å². The van der Waals surface area contributed by atoms with Gasteiger partial charge in [-0.1, -0.05) is 66.2 Å². The fourth-order valence-corrected chi connectivity index (χ4v) is 2.65. The maximum Gasteiger partial charge on any atom is 0.251 e. The molecule has 3 aromatic carbocycles. The van der Waals surface area contributed by atoms with Crippen molar-refractivity contribution in [2.75, 3.05) is 6.61 Å². The predicted molar refractivity (Wildman–Crippen MR) is 104 cm³/mol. The number of hydrogen-bond acceptors (Lipinski definition) is 2. The molecular formula is C23H23NO2. The van der Waals surface area contributed by atoms with E-state index in [1.165, 1.54) is 11.1 Å². The van der Waals surface area contributed by atoms with Crippen molar-refractivity contribution in [3.63, 3.8) is 0 Å². The molecule has 0 aliphatic heterocycles. The van der Waals surface area contributed by atoms with Crippen molar-refractivity contribution in [1.82, 2.24) is 5.32 Å². The molecule has 0 bridgehead atoms. The lowest BCUT2D eigenvalue weighted by atomic mass is 10.1. The lowest BCUT2D eigenvalue weighted by Gasteiger charge is -2.09. The Morgan fingerprint density at radius 1 is 0.885 bits per heavy atom. The van der Waals surface area contributed by atoms with Crippen molar-refractivity contribution < 1.29 is 9.53 Å². The van der Waals surface area contributed by atoms with Crippen molar-refractivity contribution >= 4 is 5.91 Å². The van der Waals surface area contributed by atoms with Crippen LogP contribution in [0.1, 0.15) is 27.0 Å². The molecule has 0 atom stereocenters. The minimum atomic E-state index is -0.0981. The highest BCUT2D eigenvalue weighted by Gasteiger charge is 2.07. The van der Waals surface area contributed by atoms with Crippen LogP contribution in [0.25, 0.3) is 0 Å². The summed E-state index contributed by atoms with van der Waals surface area (Å²) in [6.07, 6.45) is 0.838. The van der Waals surface area contributed by atoms with Crippen molar-refractivity contribution in [1.29, 1.82) is 0 Å². The maximum absolute atomic E-state index is 12.4. The van der Waals surface area contributed by atoms with E-state index < -0.39 is 0 Å². The summed E-state index contributed by atoms with van der Waals surface area (Å²) in [6, 6.07) is 25.7. The normalized spacial score (nSPS) is 10.3. The van der Waals surface area contributed by atoms with Crippen molar-refractivity contribution in [3.05, 3.63) is 101 Å². The molecule has 3 nitrogen and oxygen atoms in total. The molecule has 0 saturated carbocycles. The summed E-state index contributed by atoms with van der Waals surface area (Å²) in [7, 11) is 0. The number of nitrogens with one attached hydrogen (secondary N) is 1. The van der Waals surface area contributed by atoms with Crippen LogP contribution in [0.15, 0.2) is 78.9 Å². The summed E-state index contributed by atoms with van der Waals surface area (Å²) in [5.74, 6) is 0.614. The molecule has 0 spiro atoms. The molecular weight excluding hydrogens is 322 g/mol. The average Bonchev–Trinajstić information content (AvgIpc) is 2.68. The number of aryl methyl sites for hydroxylation is 1. The zero-order valence-electron chi connectivity index (χ0n) is 14.9. The second-order valence-electron chi connectivity index (χ2n) is 6.28. The first-order valence-electron chi connectivity index (χ1n) is 8.81. The standard InChI is InChI=1S/C23H23NO2/c1-18-10-12-20(13-11-18)17-24-23(25)21-8-5-9-22(16-21)26-15-14-19-6-3-2-4-7-19/h2-13,16H,14-15,17H2,1H3,(H,24,25). The molecule has 0 fully saturated rings. The van der Waals surface area contributed by atoms with Gasteiger partial charge in [-0.05, 0) is 36.2 Å². The Morgan fingerprint density at radius 2 is 1.65 bits per heavy atom. The van der Waals surface area contributed by atoms with Crippen LogP contribution in [0.4, 0.5) is 0 Å². The van der Waals surface area contributed by atoms with Gasteiger partial charge < -0.3 is 10.1 Å². The van der Waals surface area contributed by atoms with Gasteiger partial charge in [0.05, 0.1) is 6.61 Å². The van der Waals surface area contributed by atoms with Gasteiger partial charge in [0.25, 0.3) is 5.91 Å². The molecule has 0 radical (unpaired) electrons. The van der Waals surface area contributed by atoms with Crippen LogP contribution >= 0.6 is 0 Å². The van der Waals surface area contributed by atoms with Crippen LogP contribution in [-0.4, -0.2) is 12.5 Å². The molecule has 0 aromatic heterocycles. The highest BCUT2D eigenvalue weighted by Crippen LogP contribution is 2.14. The number of benzene rings is 3. The topological polar surface area (TPSA) is 38.3 Å². The molecule has 1 N–H and O–H groups in total. The van der Waals surface area contributed by atoms with E-state index in [1.807, 2.05) is 61.5 Å². The van der Waals surface area contributed by atoms with E-state index in [0.29, 0.717) is 24.5 Å². The van der Waals surface area contributed by atoms with Crippen LogP contribution in [0.5, 0.6) is 5.75 Å². The number of hydrogen-bond donors (Lipinski definition) is 1. The largest absolute Gasteiger partial charge is 0.493 e. The van der Waals surface area contributed by atoms with E-state index in [-0.39, 0.29) is 5.91 Å². The molecule has 0 unspecified atom stereocenters. The van der Waals surface area contributed by atoms with Gasteiger partial charge in [-0.15, -0.1) is 0 Å². The monoisotopic (exact) mass is 345 g/mol. The fourth-order valence-electron chi connectivity index (χ4n) is 2.65. The minimum Gasteiger partial charge on any atom is -0.493 e. The van der Waals surface area contributed by atoms with Crippen LogP contribution in [0.2, 0.25) is 0 Å². The van der Waals surface area contributed by atoms with Gasteiger partial charge >= 0.3 is 0 Å². The number of rotatable bonds is 7. The Bertz CT molecular complexity index is 842. The highest BCUT2D eigenvalue weighted by atomic mass is 16.5. The smallest absolute Gasteiger partial charge is 0.251 e. The highest BCUT2D eigenvalue weighted by molar-refractivity contribution is 5.94. The quantitative estimate of drug-likeness (QED) is 0.682. The van der Waals surface area contributed by atoms with Crippen molar-refractivity contribution in [2.24, 2.45) is 0 Å². The number of carbonyl (C=O) groups excluding carboxylic acids is 1. The summed E-state index contributed by atoms with van der Waals surface area (Å²) in [5, 5.41) is 2.95. The third kappa shape index (κ3) is 5.21. The maximum atomic E-state index is 12.4. The third-order valence-electron chi connectivity index (χ3n) is 4.17. The number of ether oxygens (including phenoxy) is 1. The van der Waals surface area contributed by atoms with E-state index >= 15 is 0 Å². The second kappa shape index (κ2) is 8.86. The second-order valence-corrected chi connectivity index (χ2v) is 6.28. The lowest BCUT2D eigenvalue weighted by Crippen LogP contribution is -2.22. The Balaban J connectivity index is 1.52. The SMILES string of the molecule is Cc1ccc(CNC(=O)c2cccc(OCCc3ccccc3)c2)cc1. The Morgan fingerprint density at radius 3 is 2.42 bits per heavy atom. The molecule has 3 aromatic rings. The van der Waals surface area contributed by atoms with Crippen LogP contribution in [0, 0.1) is 6.92 Å². The van der Waals surface area contributed by atoms with E-state index in [4.69, 9.17) is 4.74 Å². The van der Waals surface area contributed by atoms with Gasteiger partial charge in [0.15, 0.2) is 0 Å². The zero-order chi connectivity index (χ0) is 18.2. The van der Waals surface area contributed by atoms with E-state index in [1.54, 1.807) is 12.1 Å². The predicted octanol–water partition coefficient (Wildman–Crippen LogP) is 4.55. The summed E-state index contributed by atoms with van der Waals surface area (Å²) in [6.45, 7) is 3.14. The Hall–Kier alpha value is -3.07. The summed E-state index contributed by atoms with van der Waals surface area (Å²) in [4.78, 5) is 12.4. The van der Waals surface area contributed by atoms with Crippen molar-refractivity contribution in [3.8, 4) is 5.75 Å². The van der Waals surface area contributed by atoms with Crippen LogP contribution in [-0.2, 0) is 13.0 Å². The summed E-state index contributed by atoms with van der Waals surface area (Å²) < 4.78 is 5.80. The first-order valence-corrected chi connectivity index (χ1v) is 8.81. The first-order chi connectivity index (χ1) is 12.7. The van der Waals surface area contributed by atoms with Crippen LogP contribution < -0.4 is 10.1 Å². The third-order valence-corrected chi connectivity index (χ3v) is 4.17. The molecule has 1 amide bonds. The molecule has 132 valence electrons. The number of carbonyl (C=O) groups is 1. The number of amides is 1. The van der Waals surface area contributed by atoms with E-state index in [2.05, 4.69) is 17.4 Å². The van der Waals surface area contributed by atoms with Crippen molar-refractivity contribution in [2.45, 2.75) is 19.9 Å². The molecule has 0 heterocycles. The summed E-state index contributed by atoms with van der Waals surface area (Å²) >= 11 is 0. The first kappa shape index (κ1) is 17.7. The zero-order valence-corrected chi connectivity index (χ0v) is 14.9. The lowest BCUT2D eigenvalue weighted by molar-refractivity contribution is 0.0950.